The summed E-state index contributed by atoms with van der Waals surface area (Å²) in [5.41, 5.74) is 0. The number of hydrogen-bond acceptors (Lipinski definition) is 4. The van der Waals surface area contributed by atoms with E-state index >= 15 is 0 Å². The zero-order chi connectivity index (χ0) is 20.2. The first kappa shape index (κ1) is 24.5. The minimum atomic E-state index is -0.512. The Morgan fingerprint density at radius 3 is 2.44 bits per heavy atom. The van der Waals surface area contributed by atoms with Crippen LogP contribution in [0.4, 0.5) is 0 Å². The topological polar surface area (TPSA) is 63.6 Å². The van der Waals surface area contributed by atoms with Crippen molar-refractivity contribution >= 4 is 11.8 Å². The molecule has 0 aliphatic heterocycles. The molecule has 0 rings (SSSR count). The van der Waals surface area contributed by atoms with Crippen LogP contribution in [0, 0.1) is 0 Å². The molecular formula is C23H32O4. The molecule has 0 amide bonds. The Morgan fingerprint density at radius 1 is 0.963 bits per heavy atom. The molecule has 0 radical (unpaired) electrons. The van der Waals surface area contributed by atoms with Crippen molar-refractivity contribution in [2.24, 2.45) is 0 Å². The molecule has 0 bridgehead atoms. The number of hydrogen-bond donors (Lipinski definition) is 1. The zero-order valence-electron chi connectivity index (χ0n) is 16.4. The van der Waals surface area contributed by atoms with Gasteiger partial charge in [-0.15, -0.1) is 0 Å². The van der Waals surface area contributed by atoms with Crippen LogP contribution in [0.3, 0.4) is 0 Å². The van der Waals surface area contributed by atoms with E-state index in [1.54, 1.807) is 42.5 Å². The Balaban J connectivity index is 3.93. The smallest absolute Gasteiger partial charge is 0.305 e. The Bertz CT molecular complexity index is 577. The van der Waals surface area contributed by atoms with Gasteiger partial charge in [-0.1, -0.05) is 73.8 Å². The van der Waals surface area contributed by atoms with Crippen molar-refractivity contribution in [1.29, 1.82) is 0 Å². The fraction of sp³-hybridized carbons (Fsp3) is 0.391. The number of ketones is 1. The van der Waals surface area contributed by atoms with E-state index in [2.05, 4.69) is 23.8 Å². The van der Waals surface area contributed by atoms with E-state index < -0.39 is 6.10 Å². The monoisotopic (exact) mass is 372 g/mol. The molecule has 4 nitrogen and oxygen atoms in total. The Labute approximate surface area is 163 Å². The van der Waals surface area contributed by atoms with Crippen molar-refractivity contribution in [3.8, 4) is 0 Å². The van der Waals surface area contributed by atoms with Gasteiger partial charge >= 0.3 is 5.97 Å². The van der Waals surface area contributed by atoms with Gasteiger partial charge < -0.3 is 9.84 Å². The van der Waals surface area contributed by atoms with Crippen LogP contribution in [0.25, 0.3) is 0 Å². The van der Waals surface area contributed by atoms with Gasteiger partial charge in [-0.05, 0) is 31.8 Å². The van der Waals surface area contributed by atoms with Crippen LogP contribution in [-0.4, -0.2) is 30.1 Å². The van der Waals surface area contributed by atoms with E-state index in [-0.39, 0.29) is 11.8 Å². The fourth-order valence-electron chi connectivity index (χ4n) is 1.92. The normalized spacial score (nSPS) is 13.9. The van der Waals surface area contributed by atoms with Crippen molar-refractivity contribution < 1.29 is 19.4 Å². The van der Waals surface area contributed by atoms with Gasteiger partial charge in [-0.25, -0.2) is 0 Å². The highest BCUT2D eigenvalue weighted by atomic mass is 16.5. The highest BCUT2D eigenvalue weighted by Gasteiger charge is 1.96. The summed E-state index contributed by atoms with van der Waals surface area (Å²) in [5.74, 6) is -0.269. The van der Waals surface area contributed by atoms with Crippen LogP contribution in [0.5, 0.6) is 0 Å². The number of aliphatic hydroxyl groups excluding tert-OH is 1. The van der Waals surface area contributed by atoms with Gasteiger partial charge in [0.15, 0.2) is 5.78 Å². The van der Waals surface area contributed by atoms with Crippen LogP contribution in [0.15, 0.2) is 72.9 Å². The van der Waals surface area contributed by atoms with Gasteiger partial charge in [0.05, 0.1) is 13.2 Å². The Hall–Kier alpha value is -2.46. The average Bonchev–Trinajstić information content (AvgIpc) is 2.66. The number of esters is 1. The molecule has 0 heterocycles. The molecule has 0 aromatic carbocycles. The number of carbonyl (C=O) groups is 2. The minimum Gasteiger partial charge on any atom is -0.469 e. The lowest BCUT2D eigenvalue weighted by Crippen LogP contribution is -1.98. The lowest BCUT2D eigenvalue weighted by molar-refractivity contribution is -0.140. The van der Waals surface area contributed by atoms with Gasteiger partial charge in [-0.3, -0.25) is 9.59 Å². The number of aliphatic hydroxyl groups is 1. The highest BCUT2D eigenvalue weighted by Crippen LogP contribution is 1.99. The molecule has 1 N–H and O–H groups in total. The van der Waals surface area contributed by atoms with E-state index in [4.69, 9.17) is 0 Å². The maximum absolute atomic E-state index is 11.6. The van der Waals surface area contributed by atoms with Gasteiger partial charge in [0.2, 0.25) is 0 Å². The first-order valence-electron chi connectivity index (χ1n) is 9.34. The average molecular weight is 373 g/mol. The second kappa shape index (κ2) is 18.3. The summed E-state index contributed by atoms with van der Waals surface area (Å²) in [6.07, 6.45) is 25.1. The highest BCUT2D eigenvalue weighted by molar-refractivity contribution is 5.90. The van der Waals surface area contributed by atoms with Gasteiger partial charge in [-0.2, -0.15) is 0 Å². The molecule has 27 heavy (non-hydrogen) atoms. The molecule has 0 fully saturated rings. The molecule has 0 aromatic heterocycles. The molecule has 0 aliphatic rings. The number of rotatable bonds is 14. The third-order valence-corrected chi connectivity index (χ3v) is 3.40. The Morgan fingerprint density at radius 2 is 1.70 bits per heavy atom. The van der Waals surface area contributed by atoms with Crippen molar-refractivity contribution in [1.82, 2.24) is 0 Å². The second-order valence-corrected chi connectivity index (χ2v) is 5.78. The van der Waals surface area contributed by atoms with Gasteiger partial charge in [0.1, 0.15) is 0 Å². The summed E-state index contributed by atoms with van der Waals surface area (Å²) in [6, 6.07) is 0. The molecule has 148 valence electrons. The molecule has 0 spiro atoms. The summed E-state index contributed by atoms with van der Waals surface area (Å²) < 4.78 is 4.53. The number of carbonyl (C=O) groups excluding carboxylic acids is 2. The second-order valence-electron chi connectivity index (χ2n) is 5.78. The van der Waals surface area contributed by atoms with E-state index in [9.17, 15) is 14.7 Å². The van der Waals surface area contributed by atoms with Gasteiger partial charge in [0, 0.05) is 12.8 Å². The quantitative estimate of drug-likeness (QED) is 0.206. The molecule has 0 saturated heterocycles. The SMILES string of the molecule is CC/C=C\C/C=C\C[C@H](O)\C=C/C=C/C=C/C(=O)C/C=C\CCC(=O)OC. The first-order chi connectivity index (χ1) is 13.1. The summed E-state index contributed by atoms with van der Waals surface area (Å²) in [7, 11) is 1.36. The number of ether oxygens (including phenoxy) is 1. The maximum Gasteiger partial charge on any atom is 0.305 e. The molecule has 0 unspecified atom stereocenters. The number of allylic oxidation sites excluding steroid dienone is 10. The van der Waals surface area contributed by atoms with Crippen molar-refractivity contribution in [2.45, 2.75) is 51.6 Å². The largest absolute Gasteiger partial charge is 0.469 e. The summed E-state index contributed by atoms with van der Waals surface area (Å²) in [5, 5.41) is 9.79. The summed E-state index contributed by atoms with van der Waals surface area (Å²) in [6.45, 7) is 2.10. The van der Waals surface area contributed by atoms with Crippen LogP contribution < -0.4 is 0 Å². The Kier molecular flexibility index (Phi) is 16.7. The van der Waals surface area contributed by atoms with E-state index in [1.165, 1.54) is 13.2 Å². The van der Waals surface area contributed by atoms with Gasteiger partial charge in [0.25, 0.3) is 0 Å². The molecule has 4 heteroatoms. The fourth-order valence-corrected chi connectivity index (χ4v) is 1.92. The maximum atomic E-state index is 11.6. The molecule has 0 aromatic rings. The van der Waals surface area contributed by atoms with Crippen LogP contribution >= 0.6 is 0 Å². The lowest BCUT2D eigenvalue weighted by Gasteiger charge is -1.98. The van der Waals surface area contributed by atoms with E-state index in [0.717, 1.165) is 12.8 Å². The van der Waals surface area contributed by atoms with Crippen molar-refractivity contribution in [2.75, 3.05) is 7.11 Å². The van der Waals surface area contributed by atoms with Crippen LogP contribution in [-0.2, 0) is 14.3 Å². The van der Waals surface area contributed by atoms with Crippen LogP contribution in [0.2, 0.25) is 0 Å². The standard InChI is InChI=1S/C23H32O4/c1-3-4-5-6-7-11-16-21(24)17-12-8-9-13-18-22(25)19-14-10-15-20-23(26)27-2/h4-5,7-14,17-18,21,24H,3,6,15-16,19-20H2,1-2H3/b5-4-,9-8+,11-7-,14-10-,17-12-,18-13+/t21-/m0/s1. The zero-order valence-corrected chi connectivity index (χ0v) is 16.4. The van der Waals surface area contributed by atoms with E-state index in [1.807, 2.05) is 12.2 Å². The third kappa shape index (κ3) is 18.1. The predicted molar refractivity (Wildman–Crippen MR) is 111 cm³/mol. The molecule has 1 atom stereocenters. The minimum absolute atomic E-state index is 0.0137. The van der Waals surface area contributed by atoms with Crippen molar-refractivity contribution in [3.05, 3.63) is 72.9 Å². The summed E-state index contributed by atoms with van der Waals surface area (Å²) in [4.78, 5) is 22.5. The predicted octanol–water partition coefficient (Wildman–Crippen LogP) is 4.79. The number of methoxy groups -OCH3 is 1. The van der Waals surface area contributed by atoms with Crippen molar-refractivity contribution in [3.63, 3.8) is 0 Å². The molecule has 0 aliphatic carbocycles. The first-order valence-corrected chi connectivity index (χ1v) is 9.34. The van der Waals surface area contributed by atoms with Crippen LogP contribution in [0.1, 0.15) is 45.4 Å². The lowest BCUT2D eigenvalue weighted by atomic mass is 10.2. The molecular weight excluding hydrogens is 340 g/mol. The molecule has 0 saturated carbocycles. The van der Waals surface area contributed by atoms with E-state index in [0.29, 0.717) is 25.7 Å². The summed E-state index contributed by atoms with van der Waals surface area (Å²) >= 11 is 0. The third-order valence-electron chi connectivity index (χ3n) is 3.40.